The van der Waals surface area contributed by atoms with Gasteiger partial charge in [-0.25, -0.2) is 0 Å². The molecule has 1 heterocycles. The first-order chi connectivity index (χ1) is 9.60. The second-order valence-corrected chi connectivity index (χ2v) is 6.63. The number of Topliss-reactive ketones (excluding diaryl/α,β-unsaturated/α-hetero) is 1. The summed E-state index contributed by atoms with van der Waals surface area (Å²) in [4.78, 5) is 14.0. The van der Waals surface area contributed by atoms with Gasteiger partial charge in [-0.05, 0) is 45.2 Å². The van der Waals surface area contributed by atoms with Crippen LogP contribution >= 0.6 is 0 Å². The van der Waals surface area contributed by atoms with Crippen molar-refractivity contribution in [2.45, 2.75) is 45.3 Å². The van der Waals surface area contributed by atoms with E-state index in [1.807, 2.05) is 30.3 Å². The van der Waals surface area contributed by atoms with E-state index in [0.717, 1.165) is 5.75 Å². The largest absolute Gasteiger partial charge is 1.00 e. The van der Waals surface area contributed by atoms with Crippen LogP contribution in [0.2, 0.25) is 0 Å². The summed E-state index contributed by atoms with van der Waals surface area (Å²) in [6.45, 7) is 6.50. The van der Waals surface area contributed by atoms with Crippen molar-refractivity contribution in [1.82, 2.24) is 0 Å². The number of para-hydroxylation sites is 1. The van der Waals surface area contributed by atoms with Crippen molar-refractivity contribution in [1.29, 1.82) is 0 Å². The summed E-state index contributed by atoms with van der Waals surface area (Å²) < 4.78 is 5.99. The van der Waals surface area contributed by atoms with Gasteiger partial charge in [0.05, 0.1) is 18.5 Å². The maximum Gasteiger partial charge on any atom is 0.209 e. The highest BCUT2D eigenvalue weighted by Crippen LogP contribution is 2.37. The minimum Gasteiger partial charge on any atom is -1.00 e. The Morgan fingerprint density at radius 3 is 2.33 bits per heavy atom. The summed E-state index contributed by atoms with van der Waals surface area (Å²) in [5, 5.41) is 0. The number of benzene rings is 1. The highest BCUT2D eigenvalue weighted by atomic mass is 35.5. The lowest BCUT2D eigenvalue weighted by Crippen LogP contribution is -3.21. The molecule has 116 valence electrons. The first-order valence-corrected chi connectivity index (χ1v) is 7.71. The zero-order valence-electron chi connectivity index (χ0n) is 12.8. The minimum absolute atomic E-state index is 0. The third-order valence-corrected chi connectivity index (χ3v) is 4.92. The molecule has 1 aliphatic carbocycles. The van der Waals surface area contributed by atoms with Crippen molar-refractivity contribution in [3.05, 3.63) is 30.3 Å². The van der Waals surface area contributed by atoms with Crippen LogP contribution in [0.4, 0.5) is 0 Å². The van der Waals surface area contributed by atoms with Crippen LogP contribution in [0.1, 0.15) is 33.1 Å². The lowest BCUT2D eigenvalue weighted by atomic mass is 9.62. The molecule has 3 rings (SSSR count). The van der Waals surface area contributed by atoms with Gasteiger partial charge in [-0.3, -0.25) is 4.79 Å². The Kier molecular flexibility index (Phi) is 4.95. The quantitative estimate of drug-likeness (QED) is 0.736. The molecule has 1 aromatic rings. The van der Waals surface area contributed by atoms with Crippen molar-refractivity contribution in [3.8, 4) is 5.75 Å². The lowest BCUT2D eigenvalue weighted by molar-refractivity contribution is -0.942. The van der Waals surface area contributed by atoms with Gasteiger partial charge in [0.1, 0.15) is 11.8 Å². The number of ketones is 1. The number of rotatable bonds is 3. The van der Waals surface area contributed by atoms with E-state index in [-0.39, 0.29) is 29.7 Å². The maximum absolute atomic E-state index is 12.4. The number of nitrogens with one attached hydrogen (secondary N) is 1. The number of ether oxygens (including phenoxy) is 1. The first-order valence-electron chi connectivity index (χ1n) is 7.71. The minimum atomic E-state index is -0.263. The summed E-state index contributed by atoms with van der Waals surface area (Å²) >= 11 is 0. The average Bonchev–Trinajstić information content (AvgIpc) is 2.48. The van der Waals surface area contributed by atoms with Gasteiger partial charge in [-0.15, -0.1) is 0 Å². The van der Waals surface area contributed by atoms with Gasteiger partial charge in [0.25, 0.3) is 0 Å². The predicted octanol–water partition coefficient (Wildman–Crippen LogP) is -1.52. The van der Waals surface area contributed by atoms with Crippen LogP contribution in [0.5, 0.6) is 5.75 Å². The van der Waals surface area contributed by atoms with E-state index in [4.69, 9.17) is 4.74 Å². The molecule has 1 saturated heterocycles. The van der Waals surface area contributed by atoms with Gasteiger partial charge in [0.2, 0.25) is 6.10 Å². The van der Waals surface area contributed by atoms with E-state index in [1.165, 1.54) is 32.4 Å². The Labute approximate surface area is 133 Å². The van der Waals surface area contributed by atoms with Crippen LogP contribution in [0.25, 0.3) is 0 Å². The molecule has 2 fully saturated rings. The Morgan fingerprint density at radius 1 is 1.10 bits per heavy atom. The molecule has 0 amide bonds. The zero-order valence-corrected chi connectivity index (χ0v) is 13.5. The second-order valence-electron chi connectivity index (χ2n) is 6.63. The van der Waals surface area contributed by atoms with Gasteiger partial charge in [0.15, 0.2) is 5.78 Å². The van der Waals surface area contributed by atoms with Crippen LogP contribution in [0.15, 0.2) is 30.3 Å². The van der Waals surface area contributed by atoms with Crippen molar-refractivity contribution in [2.75, 3.05) is 13.1 Å². The number of likely N-dealkylation sites (tertiary alicyclic amines) is 1. The Hall–Kier alpha value is -1.06. The summed E-state index contributed by atoms with van der Waals surface area (Å²) in [5.74, 6) is 1.06. The third kappa shape index (κ3) is 2.95. The summed E-state index contributed by atoms with van der Waals surface area (Å²) in [5.41, 5.74) is -0.244. The Bertz CT molecular complexity index is 483. The van der Waals surface area contributed by atoms with Crippen LogP contribution in [0.3, 0.4) is 0 Å². The lowest BCUT2D eigenvalue weighted by Gasteiger charge is -2.51. The van der Waals surface area contributed by atoms with Gasteiger partial charge < -0.3 is 22.0 Å². The molecule has 4 heteroatoms. The number of carbonyl (C=O) groups excluding carboxylic acids is 1. The number of carbonyl (C=O) groups is 1. The fourth-order valence-corrected chi connectivity index (χ4v) is 3.76. The van der Waals surface area contributed by atoms with Gasteiger partial charge >= 0.3 is 0 Å². The van der Waals surface area contributed by atoms with Gasteiger partial charge in [-0.2, -0.15) is 0 Å². The maximum atomic E-state index is 12.4. The SMILES string of the molecule is CC1(C)C(=O)C(Oc2ccccc2)C1[NH+]1CCCCC1.[Cl-]. The summed E-state index contributed by atoms with van der Waals surface area (Å²) in [7, 11) is 0. The number of hydrogen-bond donors (Lipinski definition) is 1. The second kappa shape index (κ2) is 6.37. The molecule has 1 aromatic carbocycles. The topological polar surface area (TPSA) is 30.7 Å². The van der Waals surface area contributed by atoms with Gasteiger partial charge in [0, 0.05) is 0 Å². The van der Waals surface area contributed by atoms with Crippen molar-refractivity contribution in [2.24, 2.45) is 5.41 Å². The molecular formula is C17H24ClNO2. The summed E-state index contributed by atoms with van der Waals surface area (Å²) in [6.07, 6.45) is 3.61. The fourth-order valence-electron chi connectivity index (χ4n) is 3.76. The van der Waals surface area contributed by atoms with Crippen molar-refractivity contribution < 1.29 is 26.8 Å². The molecule has 1 N–H and O–H groups in total. The Morgan fingerprint density at radius 2 is 1.71 bits per heavy atom. The van der Waals surface area contributed by atoms with Crippen molar-refractivity contribution >= 4 is 5.78 Å². The Balaban J connectivity index is 0.00000161. The molecule has 2 unspecified atom stereocenters. The predicted molar refractivity (Wildman–Crippen MR) is 78.0 cm³/mol. The highest BCUT2D eigenvalue weighted by molar-refractivity contribution is 5.96. The van der Waals surface area contributed by atoms with E-state index in [0.29, 0.717) is 6.04 Å². The highest BCUT2D eigenvalue weighted by Gasteiger charge is 2.63. The molecule has 0 aromatic heterocycles. The molecule has 21 heavy (non-hydrogen) atoms. The van der Waals surface area contributed by atoms with Crippen LogP contribution in [-0.2, 0) is 4.79 Å². The summed E-state index contributed by atoms with van der Waals surface area (Å²) in [6, 6.07) is 10.0. The third-order valence-electron chi connectivity index (χ3n) is 4.92. The zero-order chi connectivity index (χ0) is 14.2. The number of hydrogen-bond acceptors (Lipinski definition) is 2. The molecule has 0 spiro atoms. The smallest absolute Gasteiger partial charge is 0.209 e. The van der Waals surface area contributed by atoms with E-state index in [9.17, 15) is 4.79 Å². The monoisotopic (exact) mass is 309 g/mol. The number of halogens is 1. The standard InChI is InChI=1S/C17H23NO2.ClH/c1-17(2)15(18-11-7-4-8-12-18)14(16(17)19)20-13-9-5-3-6-10-13;/h3,5-6,9-10,14-15H,4,7-8,11-12H2,1-2H3;1H. The van der Waals surface area contributed by atoms with E-state index >= 15 is 0 Å². The van der Waals surface area contributed by atoms with Gasteiger partial charge in [-0.1, -0.05) is 18.2 Å². The first kappa shape index (κ1) is 16.3. The average molecular weight is 310 g/mol. The molecule has 0 bridgehead atoms. The number of quaternary nitrogens is 1. The van der Waals surface area contributed by atoms with Crippen LogP contribution < -0.4 is 22.0 Å². The van der Waals surface area contributed by atoms with E-state index < -0.39 is 0 Å². The molecule has 1 aliphatic heterocycles. The molecule has 2 aliphatic rings. The molecule has 0 radical (unpaired) electrons. The van der Waals surface area contributed by atoms with E-state index in [2.05, 4.69) is 13.8 Å². The molecule has 3 nitrogen and oxygen atoms in total. The fraction of sp³-hybridized carbons (Fsp3) is 0.588. The molecular weight excluding hydrogens is 286 g/mol. The van der Waals surface area contributed by atoms with Crippen LogP contribution in [0, 0.1) is 5.41 Å². The molecule has 2 atom stereocenters. The normalized spacial score (nSPS) is 28.4. The van der Waals surface area contributed by atoms with Crippen LogP contribution in [-0.4, -0.2) is 31.0 Å². The van der Waals surface area contributed by atoms with Crippen molar-refractivity contribution in [3.63, 3.8) is 0 Å². The number of piperidine rings is 1. The van der Waals surface area contributed by atoms with E-state index in [1.54, 1.807) is 4.90 Å². The molecule has 1 saturated carbocycles.